The molecule has 1 fully saturated rings. The van der Waals surface area contributed by atoms with Gasteiger partial charge in [-0.25, -0.2) is 4.79 Å². The van der Waals surface area contributed by atoms with Gasteiger partial charge in [-0.2, -0.15) is 0 Å². The van der Waals surface area contributed by atoms with Gasteiger partial charge in [-0.1, -0.05) is 78.1 Å². The van der Waals surface area contributed by atoms with Gasteiger partial charge in [-0.15, -0.1) is 0 Å². The van der Waals surface area contributed by atoms with E-state index in [2.05, 4.69) is 18.6 Å². The highest BCUT2D eigenvalue weighted by Gasteiger charge is 2.49. The Morgan fingerprint density at radius 1 is 0.966 bits per heavy atom. The van der Waals surface area contributed by atoms with Crippen molar-refractivity contribution in [1.29, 1.82) is 0 Å². The molecule has 7 nitrogen and oxygen atoms in total. The van der Waals surface area contributed by atoms with Gasteiger partial charge in [0.2, 0.25) is 6.10 Å². The molecule has 1 aliphatic heterocycles. The van der Waals surface area contributed by atoms with E-state index in [1.54, 1.807) is 0 Å². The first-order chi connectivity index (χ1) is 13.9. The van der Waals surface area contributed by atoms with Gasteiger partial charge in [0.15, 0.2) is 6.10 Å². The number of hydrogen-bond donors (Lipinski definition) is 2. The first-order valence-corrected chi connectivity index (χ1v) is 11.1. The van der Waals surface area contributed by atoms with Crippen molar-refractivity contribution in [2.24, 2.45) is 5.92 Å². The molecule has 0 spiro atoms. The van der Waals surface area contributed by atoms with E-state index in [9.17, 15) is 19.5 Å². The summed E-state index contributed by atoms with van der Waals surface area (Å²) >= 11 is 0. The lowest BCUT2D eigenvalue weighted by molar-refractivity contribution is -0.160. The van der Waals surface area contributed by atoms with Gasteiger partial charge in [-0.3, -0.25) is 9.59 Å². The van der Waals surface area contributed by atoms with Gasteiger partial charge in [-0.05, 0) is 12.3 Å². The maximum absolute atomic E-state index is 11.9. The van der Waals surface area contributed by atoms with E-state index in [-0.39, 0.29) is 6.42 Å². The van der Waals surface area contributed by atoms with Gasteiger partial charge >= 0.3 is 11.9 Å². The summed E-state index contributed by atoms with van der Waals surface area (Å²) in [7, 11) is 0. The summed E-state index contributed by atoms with van der Waals surface area (Å²) in [5.74, 6) is -1.95. The Balaban J connectivity index is 2.05. The molecular weight excluding hydrogens is 376 g/mol. The lowest BCUT2D eigenvalue weighted by Crippen LogP contribution is -2.41. The monoisotopic (exact) mass is 414 g/mol. The van der Waals surface area contributed by atoms with Crippen LogP contribution in [0.5, 0.6) is 0 Å². The molecule has 29 heavy (non-hydrogen) atoms. The second kappa shape index (κ2) is 14.5. The Labute approximate surface area is 174 Å². The summed E-state index contributed by atoms with van der Waals surface area (Å²) < 4.78 is 9.72. The fourth-order valence-electron chi connectivity index (χ4n) is 3.45. The molecule has 7 heteroatoms. The third kappa shape index (κ3) is 10.2. The summed E-state index contributed by atoms with van der Waals surface area (Å²) in [5.41, 5.74) is 0. The number of cyclic esters (lactones) is 1. The Hall–Kier alpha value is -1.47. The Kier molecular flexibility index (Phi) is 12.8. The molecule has 0 radical (unpaired) electrons. The second-order valence-electron chi connectivity index (χ2n) is 8.36. The van der Waals surface area contributed by atoms with Gasteiger partial charge < -0.3 is 19.7 Å². The third-order valence-electron chi connectivity index (χ3n) is 5.24. The molecule has 3 atom stereocenters. The van der Waals surface area contributed by atoms with E-state index in [4.69, 9.17) is 9.84 Å². The first kappa shape index (κ1) is 25.6. The van der Waals surface area contributed by atoms with Crippen LogP contribution in [0.2, 0.25) is 0 Å². The highest BCUT2D eigenvalue weighted by Crippen LogP contribution is 2.20. The average Bonchev–Trinajstić information content (AvgIpc) is 2.96. The van der Waals surface area contributed by atoms with Crippen molar-refractivity contribution in [3.63, 3.8) is 0 Å². The molecular formula is C22H38O7. The molecule has 0 bridgehead atoms. The number of carbonyl (C=O) groups excluding carboxylic acids is 3. The zero-order chi connectivity index (χ0) is 21.6. The quantitative estimate of drug-likeness (QED) is 0.227. The Morgan fingerprint density at radius 3 is 2.00 bits per heavy atom. The first-order valence-electron chi connectivity index (χ1n) is 11.1. The van der Waals surface area contributed by atoms with E-state index in [0.717, 1.165) is 25.2 Å². The number of ketones is 1. The van der Waals surface area contributed by atoms with Crippen LogP contribution in [0.25, 0.3) is 0 Å². The zero-order valence-electron chi connectivity index (χ0n) is 17.9. The average molecular weight is 415 g/mol. The number of Topliss-reactive ketones (excluding diaryl/α,β-unsaturated/α-hetero) is 1. The minimum Gasteiger partial charge on any atom is -0.450 e. The molecule has 1 aliphatic rings. The molecule has 1 heterocycles. The highest BCUT2D eigenvalue weighted by molar-refractivity contribution is 6.37. The van der Waals surface area contributed by atoms with Crippen molar-refractivity contribution >= 4 is 17.7 Å². The summed E-state index contributed by atoms with van der Waals surface area (Å²) in [5, 5.41) is 18.6. The van der Waals surface area contributed by atoms with Gasteiger partial charge in [0, 0.05) is 6.42 Å². The van der Waals surface area contributed by atoms with Crippen molar-refractivity contribution in [2.75, 3.05) is 6.61 Å². The van der Waals surface area contributed by atoms with Crippen molar-refractivity contribution in [2.45, 2.75) is 109 Å². The van der Waals surface area contributed by atoms with Crippen molar-refractivity contribution in [1.82, 2.24) is 0 Å². The zero-order valence-corrected chi connectivity index (χ0v) is 17.9. The van der Waals surface area contributed by atoms with Crippen LogP contribution in [0.4, 0.5) is 0 Å². The van der Waals surface area contributed by atoms with Gasteiger partial charge in [0.05, 0.1) is 6.61 Å². The number of esters is 2. The molecule has 0 saturated carbocycles. The van der Waals surface area contributed by atoms with Crippen molar-refractivity contribution in [3.05, 3.63) is 0 Å². The SMILES string of the molecule is CC(C)CCCCCCCCCCCCC(=O)OC1C(=O)C(=O)O[C@@H]1[C@@H](O)CO. The minimum absolute atomic E-state index is 0.149. The molecule has 2 N–H and O–H groups in total. The number of ether oxygens (including phenoxy) is 2. The van der Waals surface area contributed by atoms with Gasteiger partial charge in [0.25, 0.3) is 5.78 Å². The smallest absolute Gasteiger partial charge is 0.379 e. The molecule has 0 aromatic carbocycles. The predicted octanol–water partition coefficient (Wildman–Crippen LogP) is 3.08. The van der Waals surface area contributed by atoms with Crippen LogP contribution < -0.4 is 0 Å². The normalized spacial score (nSPS) is 20.2. The molecule has 1 rings (SSSR count). The lowest BCUT2D eigenvalue weighted by Gasteiger charge is -2.20. The summed E-state index contributed by atoms with van der Waals surface area (Å²) in [6.45, 7) is 3.83. The van der Waals surface area contributed by atoms with Crippen LogP contribution in [0, 0.1) is 5.92 Å². The highest BCUT2D eigenvalue weighted by atomic mass is 16.6. The van der Waals surface area contributed by atoms with Crippen LogP contribution in [0.15, 0.2) is 0 Å². The fraction of sp³-hybridized carbons (Fsp3) is 0.864. The van der Waals surface area contributed by atoms with Crippen molar-refractivity contribution < 1.29 is 34.1 Å². The molecule has 0 amide bonds. The van der Waals surface area contributed by atoms with Crippen LogP contribution in [-0.4, -0.2) is 52.9 Å². The molecule has 0 aromatic rings. The van der Waals surface area contributed by atoms with Gasteiger partial charge in [0.1, 0.15) is 6.10 Å². The summed E-state index contributed by atoms with van der Waals surface area (Å²) in [6.07, 6.45) is 8.70. The molecule has 168 valence electrons. The predicted molar refractivity (Wildman–Crippen MR) is 108 cm³/mol. The minimum atomic E-state index is -1.47. The molecule has 1 saturated heterocycles. The summed E-state index contributed by atoms with van der Waals surface area (Å²) in [4.78, 5) is 35.0. The molecule has 1 unspecified atom stereocenters. The van der Waals surface area contributed by atoms with E-state index >= 15 is 0 Å². The topological polar surface area (TPSA) is 110 Å². The second-order valence-corrected chi connectivity index (χ2v) is 8.36. The number of unbranched alkanes of at least 4 members (excludes halogenated alkanes) is 9. The van der Waals surface area contributed by atoms with Crippen molar-refractivity contribution in [3.8, 4) is 0 Å². The third-order valence-corrected chi connectivity index (χ3v) is 5.24. The number of rotatable bonds is 16. The summed E-state index contributed by atoms with van der Waals surface area (Å²) in [6, 6.07) is 0. The maximum atomic E-state index is 11.9. The van der Waals surface area contributed by atoms with Crippen LogP contribution in [0.1, 0.15) is 90.9 Å². The molecule has 0 aromatic heterocycles. The van der Waals surface area contributed by atoms with Crippen LogP contribution in [-0.2, 0) is 23.9 Å². The standard InChI is InChI=1S/C22H38O7/c1-16(2)13-11-9-7-5-3-4-6-8-10-12-14-18(25)28-21-19(26)22(27)29-20(21)17(24)15-23/h16-17,20-21,23-24H,3-15H2,1-2H3/t17-,20+,21?/m0/s1. The largest absolute Gasteiger partial charge is 0.450 e. The number of aliphatic hydroxyl groups is 2. The number of carbonyl (C=O) groups is 3. The van der Waals surface area contributed by atoms with Crippen LogP contribution >= 0.6 is 0 Å². The fourth-order valence-corrected chi connectivity index (χ4v) is 3.45. The van der Waals surface area contributed by atoms with E-state index in [0.29, 0.717) is 6.42 Å². The Bertz CT molecular complexity index is 503. The lowest BCUT2D eigenvalue weighted by atomic mass is 10.0. The number of aliphatic hydroxyl groups excluding tert-OH is 2. The Morgan fingerprint density at radius 2 is 1.48 bits per heavy atom. The van der Waals surface area contributed by atoms with Crippen LogP contribution in [0.3, 0.4) is 0 Å². The maximum Gasteiger partial charge on any atom is 0.379 e. The van der Waals surface area contributed by atoms with E-state index in [1.165, 1.54) is 44.9 Å². The van der Waals surface area contributed by atoms with E-state index < -0.39 is 42.6 Å². The molecule has 0 aliphatic carbocycles. The number of hydrogen-bond acceptors (Lipinski definition) is 7. The van der Waals surface area contributed by atoms with E-state index in [1.807, 2.05) is 0 Å².